The third kappa shape index (κ3) is 3.20. The highest BCUT2D eigenvalue weighted by molar-refractivity contribution is 9.10. The predicted molar refractivity (Wildman–Crippen MR) is 104 cm³/mol. The van der Waals surface area contributed by atoms with Crippen LogP contribution in [0, 0.1) is 0 Å². The molecule has 4 rings (SSSR count). The fraction of sp³-hybridized carbons (Fsp3) is 0. The maximum atomic E-state index is 11.3. The maximum Gasteiger partial charge on any atom is 0.307 e. The summed E-state index contributed by atoms with van der Waals surface area (Å²) in [6.07, 6.45) is 1.73. The molecule has 1 aliphatic heterocycles. The van der Waals surface area contributed by atoms with Crippen molar-refractivity contribution in [3.05, 3.63) is 67.0 Å². The van der Waals surface area contributed by atoms with Crippen LogP contribution in [0.1, 0.15) is 4.88 Å². The first kappa shape index (κ1) is 17.0. The lowest BCUT2D eigenvalue weighted by Crippen LogP contribution is -2.20. The monoisotopic (exact) mass is 473 g/mol. The number of benzene rings is 1. The molecule has 0 aliphatic carbocycles. The van der Waals surface area contributed by atoms with E-state index >= 15 is 0 Å². The Morgan fingerprint density at radius 1 is 1.12 bits per heavy atom. The van der Waals surface area contributed by atoms with Gasteiger partial charge in [0.15, 0.2) is 5.82 Å². The average molecular weight is 475 g/mol. The Morgan fingerprint density at radius 3 is 2.32 bits per heavy atom. The van der Waals surface area contributed by atoms with E-state index in [1.807, 2.05) is 6.07 Å². The number of hydrogen-bond acceptors (Lipinski definition) is 6. The number of H-pyrrole nitrogens is 1. The van der Waals surface area contributed by atoms with Gasteiger partial charge in [0, 0.05) is 9.01 Å². The Balaban J connectivity index is 1.92. The van der Waals surface area contributed by atoms with E-state index in [4.69, 9.17) is 23.2 Å². The quantitative estimate of drug-likeness (QED) is 0.566. The number of rotatable bonds is 1. The van der Waals surface area contributed by atoms with Gasteiger partial charge < -0.3 is 5.11 Å². The van der Waals surface area contributed by atoms with Crippen molar-refractivity contribution in [2.24, 2.45) is 9.98 Å². The second-order valence-corrected chi connectivity index (χ2v) is 8.77. The minimum atomic E-state index is -0.307. The van der Waals surface area contributed by atoms with Gasteiger partial charge in [-0.25, -0.2) is 9.98 Å². The Hall–Kier alpha value is -1.45. The summed E-state index contributed by atoms with van der Waals surface area (Å²) in [7, 11) is 0. The molecule has 126 valence electrons. The standard InChI is InChI=1S/C15H6BrCl2N3O2S2/c16-6-1-5(2-11-14(22)21-15(23)25-11)24-12(6)13-19-9-3-7(17)8(18)4-10(9)20-13/h1-4,22H,(H,21,23)/b5-2+. The first-order valence-corrected chi connectivity index (χ1v) is 9.95. The van der Waals surface area contributed by atoms with E-state index in [0.717, 1.165) is 24.9 Å². The van der Waals surface area contributed by atoms with Crippen LogP contribution in [0.15, 0.2) is 37.5 Å². The molecule has 0 bridgehead atoms. The lowest BCUT2D eigenvalue weighted by molar-refractivity contribution is 0.455. The van der Waals surface area contributed by atoms with Gasteiger partial charge in [0.25, 0.3) is 0 Å². The Bertz CT molecular complexity index is 1280. The number of aromatic hydroxyl groups is 1. The van der Waals surface area contributed by atoms with Crippen LogP contribution < -0.4 is 24.7 Å². The predicted octanol–water partition coefficient (Wildman–Crippen LogP) is 2.12. The molecule has 10 heteroatoms. The molecule has 0 radical (unpaired) electrons. The van der Waals surface area contributed by atoms with Crippen LogP contribution >= 0.6 is 61.8 Å². The fourth-order valence-corrected chi connectivity index (χ4v) is 5.05. The van der Waals surface area contributed by atoms with Gasteiger partial charge >= 0.3 is 4.87 Å². The molecule has 0 amide bonds. The van der Waals surface area contributed by atoms with Gasteiger partial charge in [-0.3, -0.25) is 9.78 Å². The zero-order valence-corrected chi connectivity index (χ0v) is 16.7. The summed E-state index contributed by atoms with van der Waals surface area (Å²) >= 11 is 17.9. The van der Waals surface area contributed by atoms with E-state index in [1.165, 1.54) is 11.3 Å². The summed E-state index contributed by atoms with van der Waals surface area (Å²) in [4.78, 5) is 22.8. The molecule has 0 atom stereocenters. The number of aromatic amines is 1. The van der Waals surface area contributed by atoms with E-state index in [9.17, 15) is 9.90 Å². The molecule has 25 heavy (non-hydrogen) atoms. The normalized spacial score (nSPS) is 13.7. The van der Waals surface area contributed by atoms with Crippen LogP contribution in [0.25, 0.3) is 11.9 Å². The summed E-state index contributed by atoms with van der Waals surface area (Å²) in [5, 5.41) is 11.9. The zero-order chi connectivity index (χ0) is 17.7. The van der Waals surface area contributed by atoms with Gasteiger partial charge in [0.1, 0.15) is 0 Å². The first-order chi connectivity index (χ1) is 11.9. The topological polar surface area (TPSA) is 77.8 Å². The smallest absolute Gasteiger partial charge is 0.307 e. The molecule has 0 spiro atoms. The van der Waals surface area contributed by atoms with E-state index < -0.39 is 0 Å². The highest BCUT2D eigenvalue weighted by atomic mass is 79.9. The molecule has 1 aliphatic rings. The zero-order valence-electron chi connectivity index (χ0n) is 12.0. The summed E-state index contributed by atoms with van der Waals surface area (Å²) in [5.41, 5.74) is 0. The van der Waals surface area contributed by atoms with Gasteiger partial charge in [-0.2, -0.15) is 0 Å². The largest absolute Gasteiger partial charge is 0.493 e. The minimum Gasteiger partial charge on any atom is -0.493 e. The highest BCUT2D eigenvalue weighted by Crippen LogP contribution is 2.19. The van der Waals surface area contributed by atoms with Crippen LogP contribution in [-0.4, -0.2) is 10.1 Å². The van der Waals surface area contributed by atoms with Gasteiger partial charge in [-0.1, -0.05) is 34.5 Å². The Morgan fingerprint density at radius 2 is 1.76 bits per heavy atom. The lowest BCUT2D eigenvalue weighted by atomic mass is 10.3. The number of hydrogen-bond donors (Lipinski definition) is 2. The summed E-state index contributed by atoms with van der Waals surface area (Å²) in [6, 6.07) is 5.24. The van der Waals surface area contributed by atoms with Crippen molar-refractivity contribution in [3.63, 3.8) is 0 Å². The van der Waals surface area contributed by atoms with Crippen molar-refractivity contribution in [3.8, 4) is 5.88 Å². The number of thiophene rings is 1. The lowest BCUT2D eigenvalue weighted by Gasteiger charge is -1.90. The number of nitrogens with one attached hydrogen (secondary N) is 1. The molecule has 3 heterocycles. The molecule has 2 aromatic heterocycles. The van der Waals surface area contributed by atoms with Crippen LogP contribution in [0.2, 0.25) is 10.0 Å². The molecule has 3 aromatic rings. The fourth-order valence-electron chi connectivity index (χ4n) is 2.23. The minimum absolute atomic E-state index is 0.138. The van der Waals surface area contributed by atoms with Crippen molar-refractivity contribution in [1.29, 1.82) is 0 Å². The van der Waals surface area contributed by atoms with Gasteiger partial charge in [-0.15, -0.1) is 11.3 Å². The van der Waals surface area contributed by atoms with E-state index in [0.29, 0.717) is 31.5 Å². The number of nitrogens with zero attached hydrogens (tertiary/aromatic N) is 2. The molecular weight excluding hydrogens is 469 g/mol. The van der Waals surface area contributed by atoms with Crippen molar-refractivity contribution < 1.29 is 5.11 Å². The molecule has 1 aromatic carbocycles. The SMILES string of the molecule is O=c1[nH]c(O)c(/C=c2\cc(Br)c(=C3N=c4cc(Cl)c(Cl)cc4=N3)s2)s1. The molecule has 0 saturated heterocycles. The molecule has 0 fully saturated rings. The van der Waals surface area contributed by atoms with Crippen molar-refractivity contribution in [2.45, 2.75) is 0 Å². The van der Waals surface area contributed by atoms with Crippen LogP contribution in [0.3, 0.4) is 0 Å². The molecule has 0 saturated carbocycles. The van der Waals surface area contributed by atoms with E-state index in [1.54, 1.807) is 18.2 Å². The van der Waals surface area contributed by atoms with Crippen LogP contribution in [0.4, 0.5) is 0 Å². The Labute approximate surface area is 166 Å². The van der Waals surface area contributed by atoms with Crippen molar-refractivity contribution in [1.82, 2.24) is 4.98 Å². The number of fused-ring (bicyclic) bond motifs is 1. The van der Waals surface area contributed by atoms with Gasteiger partial charge in [-0.05, 0) is 40.2 Å². The third-order valence-electron chi connectivity index (χ3n) is 3.31. The summed E-state index contributed by atoms with van der Waals surface area (Å²) in [6.45, 7) is 0. The van der Waals surface area contributed by atoms with Gasteiger partial charge in [0.05, 0.1) is 30.2 Å². The second-order valence-electron chi connectivity index (χ2n) is 5.00. The first-order valence-electron chi connectivity index (χ1n) is 6.77. The second kappa shape index (κ2) is 6.37. The molecular formula is C15H6BrCl2N3O2S2. The van der Waals surface area contributed by atoms with Gasteiger partial charge in [0.2, 0.25) is 5.88 Å². The van der Waals surface area contributed by atoms with Crippen LogP contribution in [-0.2, 0) is 0 Å². The summed E-state index contributed by atoms with van der Waals surface area (Å²) < 4.78 is 2.49. The highest BCUT2D eigenvalue weighted by Gasteiger charge is 2.10. The average Bonchev–Trinajstić information content (AvgIpc) is 3.18. The van der Waals surface area contributed by atoms with E-state index in [2.05, 4.69) is 30.9 Å². The molecule has 2 N–H and O–H groups in total. The number of halogens is 3. The third-order valence-corrected chi connectivity index (χ3v) is 6.82. The van der Waals surface area contributed by atoms with E-state index in [-0.39, 0.29) is 10.8 Å². The van der Waals surface area contributed by atoms with Crippen LogP contribution in [0.5, 0.6) is 5.88 Å². The Kier molecular flexibility index (Phi) is 4.33. The summed E-state index contributed by atoms with van der Waals surface area (Å²) in [5.74, 6) is 0.414. The van der Waals surface area contributed by atoms with Crippen molar-refractivity contribution in [2.75, 3.05) is 0 Å². The number of thiazole rings is 1. The molecule has 5 nitrogen and oxygen atoms in total. The molecule has 0 unspecified atom stereocenters. The maximum absolute atomic E-state index is 11.3. The number of aromatic nitrogens is 1. The van der Waals surface area contributed by atoms with Crippen molar-refractivity contribution >= 4 is 73.7 Å².